The number of allylic oxidation sites excluding steroid dienone is 4. The maximum atomic E-state index is 4.33. The molecule has 1 aliphatic heterocycles. The Labute approximate surface area is 289 Å². The van der Waals surface area contributed by atoms with Gasteiger partial charge >= 0.3 is 0 Å². The fraction of sp³-hybridized carbons (Fsp3) is 0.106. The van der Waals surface area contributed by atoms with Crippen LogP contribution < -0.4 is 4.90 Å². The van der Waals surface area contributed by atoms with E-state index in [1.165, 1.54) is 83.4 Å². The first-order valence-corrected chi connectivity index (χ1v) is 17.1. The van der Waals surface area contributed by atoms with Crippen molar-refractivity contribution in [2.45, 2.75) is 27.7 Å². The third-order valence-corrected chi connectivity index (χ3v) is 10.5. The van der Waals surface area contributed by atoms with Gasteiger partial charge in [-0.25, -0.2) is 0 Å². The van der Waals surface area contributed by atoms with Crippen LogP contribution in [0.5, 0.6) is 0 Å². The van der Waals surface area contributed by atoms with E-state index in [4.69, 9.17) is 0 Å². The van der Waals surface area contributed by atoms with Gasteiger partial charge in [-0.05, 0) is 120 Å². The summed E-state index contributed by atoms with van der Waals surface area (Å²) in [5.74, 6) is 0. The maximum Gasteiger partial charge on any atom is 0.0541 e. The minimum atomic E-state index is 0.786. The number of hydrogen-bond donors (Lipinski definition) is 0. The molecule has 6 aromatic carbocycles. The number of aromatic nitrogens is 1. The van der Waals surface area contributed by atoms with Crippen LogP contribution in [-0.2, 0) is 0 Å². The molecule has 0 saturated carbocycles. The molecular formula is C47H40N2. The van der Waals surface area contributed by atoms with E-state index in [1.54, 1.807) is 0 Å². The second-order valence-electron chi connectivity index (χ2n) is 13.2. The molecule has 0 aliphatic carbocycles. The van der Waals surface area contributed by atoms with Crippen LogP contribution in [0.15, 0.2) is 152 Å². The molecular weight excluding hydrogens is 593 g/mol. The summed E-state index contributed by atoms with van der Waals surface area (Å²) in [6.07, 6.45) is 8.47. The molecule has 2 heterocycles. The minimum absolute atomic E-state index is 0.786. The van der Waals surface area contributed by atoms with Gasteiger partial charge in [0.15, 0.2) is 0 Å². The van der Waals surface area contributed by atoms with Crippen molar-refractivity contribution in [2.24, 2.45) is 0 Å². The molecule has 49 heavy (non-hydrogen) atoms. The first-order valence-electron chi connectivity index (χ1n) is 17.1. The summed E-state index contributed by atoms with van der Waals surface area (Å²) in [7, 11) is 0. The van der Waals surface area contributed by atoms with Gasteiger partial charge < -0.3 is 9.47 Å². The van der Waals surface area contributed by atoms with Crippen molar-refractivity contribution >= 4 is 38.8 Å². The third kappa shape index (κ3) is 5.12. The second-order valence-corrected chi connectivity index (χ2v) is 13.2. The van der Waals surface area contributed by atoms with Crippen LogP contribution in [0.1, 0.15) is 27.8 Å². The molecule has 0 atom stereocenters. The van der Waals surface area contributed by atoms with E-state index in [1.807, 2.05) is 0 Å². The van der Waals surface area contributed by atoms with E-state index in [9.17, 15) is 0 Å². The van der Waals surface area contributed by atoms with Crippen LogP contribution in [0, 0.1) is 27.7 Å². The lowest BCUT2D eigenvalue weighted by molar-refractivity contribution is 1.09. The van der Waals surface area contributed by atoms with E-state index >= 15 is 0 Å². The summed E-state index contributed by atoms with van der Waals surface area (Å²) >= 11 is 0. The molecule has 1 aliphatic rings. The molecule has 2 nitrogen and oxygen atoms in total. The predicted molar refractivity (Wildman–Crippen MR) is 211 cm³/mol. The highest BCUT2D eigenvalue weighted by Gasteiger charge is 2.19. The minimum Gasteiger partial charge on any atom is -0.337 e. The number of fused-ring (bicyclic) bond motifs is 4. The highest BCUT2D eigenvalue weighted by atomic mass is 15.1. The lowest BCUT2D eigenvalue weighted by Gasteiger charge is -2.27. The van der Waals surface area contributed by atoms with Crippen LogP contribution in [-0.4, -0.2) is 11.1 Å². The van der Waals surface area contributed by atoms with Crippen molar-refractivity contribution in [1.82, 2.24) is 4.57 Å². The van der Waals surface area contributed by atoms with E-state index in [0.717, 1.165) is 17.7 Å². The van der Waals surface area contributed by atoms with Crippen molar-refractivity contribution in [1.29, 1.82) is 0 Å². The Kier molecular flexibility index (Phi) is 7.65. The number of anilines is 2. The zero-order valence-electron chi connectivity index (χ0n) is 28.7. The molecule has 2 heteroatoms. The van der Waals surface area contributed by atoms with Gasteiger partial charge in [0.2, 0.25) is 0 Å². The zero-order valence-corrected chi connectivity index (χ0v) is 28.7. The number of hydrogen-bond acceptors (Lipinski definition) is 1. The predicted octanol–water partition coefficient (Wildman–Crippen LogP) is 12.6. The van der Waals surface area contributed by atoms with Gasteiger partial charge in [0.25, 0.3) is 0 Å². The summed E-state index contributed by atoms with van der Waals surface area (Å²) in [5, 5.41) is 2.57. The molecule has 0 N–H and O–H groups in total. The molecule has 0 unspecified atom stereocenters. The Morgan fingerprint density at radius 3 is 1.57 bits per heavy atom. The highest BCUT2D eigenvalue weighted by molar-refractivity contribution is 6.09. The Balaban J connectivity index is 1.15. The van der Waals surface area contributed by atoms with Crippen LogP contribution in [0.3, 0.4) is 0 Å². The topological polar surface area (TPSA) is 8.17 Å². The molecule has 0 amide bonds. The van der Waals surface area contributed by atoms with Crippen molar-refractivity contribution in [3.8, 4) is 27.9 Å². The maximum absolute atomic E-state index is 4.33. The normalized spacial score (nSPS) is 14.4. The van der Waals surface area contributed by atoms with Gasteiger partial charge in [0.05, 0.1) is 11.0 Å². The summed E-state index contributed by atoms with van der Waals surface area (Å²) in [6.45, 7) is 14.2. The van der Waals surface area contributed by atoms with Gasteiger partial charge in [0, 0.05) is 39.9 Å². The van der Waals surface area contributed by atoms with E-state index in [-0.39, 0.29) is 0 Å². The first kappa shape index (κ1) is 30.5. The average molecular weight is 633 g/mol. The van der Waals surface area contributed by atoms with Crippen molar-refractivity contribution in [3.63, 3.8) is 0 Å². The van der Waals surface area contributed by atoms with Gasteiger partial charge in [-0.15, -0.1) is 0 Å². The molecule has 0 bridgehead atoms. The van der Waals surface area contributed by atoms with Gasteiger partial charge in [-0.3, -0.25) is 0 Å². The second kappa shape index (κ2) is 12.3. The molecule has 0 spiro atoms. The Bertz CT molecular complexity index is 2370. The Morgan fingerprint density at radius 1 is 0.510 bits per heavy atom. The SMILES string of the molecule is C=C1/C=C\C=C/CN(c2ccc(-c3c(C)c(C)c(-c4ccc(-n5c6ccccc6c6ccccc65)cc4)c(C)c3C)cc2)c2ccccc21. The van der Waals surface area contributed by atoms with Crippen molar-refractivity contribution in [2.75, 3.05) is 11.4 Å². The Morgan fingerprint density at radius 2 is 1.00 bits per heavy atom. The molecule has 0 fully saturated rings. The largest absolute Gasteiger partial charge is 0.337 e. The quantitative estimate of drug-likeness (QED) is 0.187. The highest BCUT2D eigenvalue weighted by Crippen LogP contribution is 2.41. The van der Waals surface area contributed by atoms with Crippen molar-refractivity contribution in [3.05, 3.63) is 180 Å². The van der Waals surface area contributed by atoms with Crippen LogP contribution in [0.2, 0.25) is 0 Å². The van der Waals surface area contributed by atoms with Crippen LogP contribution >= 0.6 is 0 Å². The fourth-order valence-electron chi connectivity index (χ4n) is 7.79. The van der Waals surface area contributed by atoms with E-state index < -0.39 is 0 Å². The summed E-state index contributed by atoms with van der Waals surface area (Å²) in [4.78, 5) is 2.37. The van der Waals surface area contributed by atoms with E-state index in [0.29, 0.717) is 0 Å². The van der Waals surface area contributed by atoms with Crippen LogP contribution in [0.25, 0.3) is 55.3 Å². The molecule has 8 rings (SSSR count). The molecule has 0 radical (unpaired) electrons. The van der Waals surface area contributed by atoms with Crippen molar-refractivity contribution < 1.29 is 0 Å². The van der Waals surface area contributed by atoms with Crippen LogP contribution in [0.4, 0.5) is 11.4 Å². The number of rotatable bonds is 4. The van der Waals surface area contributed by atoms with Gasteiger partial charge in [0.1, 0.15) is 0 Å². The molecule has 0 saturated heterocycles. The Hall–Kier alpha value is -5.86. The van der Waals surface area contributed by atoms with Gasteiger partial charge in [-0.1, -0.05) is 110 Å². The summed E-state index contributed by atoms with van der Waals surface area (Å²) in [6, 6.07) is 44.2. The smallest absolute Gasteiger partial charge is 0.0541 e. The molecule has 238 valence electrons. The number of para-hydroxylation sites is 3. The lowest BCUT2D eigenvalue weighted by atomic mass is 9.83. The van der Waals surface area contributed by atoms with E-state index in [2.05, 4.69) is 189 Å². The molecule has 7 aromatic rings. The summed E-state index contributed by atoms with van der Waals surface area (Å²) in [5.41, 5.74) is 18.6. The monoisotopic (exact) mass is 632 g/mol. The fourth-order valence-corrected chi connectivity index (χ4v) is 7.79. The standard InChI is InChI=1S/C47H40N2/c1-31-15-7-6-14-30-48(43-19-11-8-16-40(31)43)38-26-22-36(23-27-38)46-32(2)34(4)47(35(5)33(46)3)37-24-28-39(29-25-37)49-44-20-12-9-17-41(44)42-18-10-13-21-45(42)49/h6-29H,1,30H2,2-5H3/b14-6-,15-7-. The lowest BCUT2D eigenvalue weighted by Crippen LogP contribution is -2.18. The number of benzene rings is 6. The average Bonchev–Trinajstić information content (AvgIpc) is 3.50. The number of nitrogens with zero attached hydrogens (tertiary/aromatic N) is 2. The zero-order chi connectivity index (χ0) is 33.6. The summed E-state index contributed by atoms with van der Waals surface area (Å²) < 4.78 is 2.38. The molecule has 1 aromatic heterocycles. The third-order valence-electron chi connectivity index (χ3n) is 10.5. The first-order chi connectivity index (χ1) is 23.9. The van der Waals surface area contributed by atoms with Gasteiger partial charge in [-0.2, -0.15) is 0 Å².